The molecule has 0 atom stereocenters. The van der Waals surface area contributed by atoms with Crippen molar-refractivity contribution in [1.82, 2.24) is 0 Å². The van der Waals surface area contributed by atoms with E-state index in [-0.39, 0.29) is 5.57 Å². The molecule has 2 amide bonds. The van der Waals surface area contributed by atoms with Crippen LogP contribution in [0.25, 0.3) is 5.57 Å². The van der Waals surface area contributed by atoms with Gasteiger partial charge in [0, 0.05) is 18.8 Å². The molecule has 5 heteroatoms. The van der Waals surface area contributed by atoms with Gasteiger partial charge < -0.3 is 10.0 Å². The van der Waals surface area contributed by atoms with Crippen molar-refractivity contribution in [2.45, 2.75) is 26.7 Å². The first kappa shape index (κ1) is 18.3. The van der Waals surface area contributed by atoms with Crippen LogP contribution in [0.1, 0.15) is 30.9 Å². The number of nitrogens with zero attached hydrogens (tertiary/aromatic N) is 2. The minimum absolute atomic E-state index is 0.0547. The summed E-state index contributed by atoms with van der Waals surface area (Å²) in [7, 11) is 0. The van der Waals surface area contributed by atoms with Crippen molar-refractivity contribution in [3.8, 4) is 0 Å². The van der Waals surface area contributed by atoms with Gasteiger partial charge in [0.1, 0.15) is 0 Å². The fourth-order valence-electron chi connectivity index (χ4n) is 3.81. The predicted octanol–water partition coefficient (Wildman–Crippen LogP) is 4.07. The molecular weight excluding hydrogens is 352 g/mol. The highest BCUT2D eigenvalue weighted by atomic mass is 16.3. The van der Waals surface area contributed by atoms with Gasteiger partial charge in [0.05, 0.1) is 11.3 Å². The van der Waals surface area contributed by atoms with E-state index in [0.717, 1.165) is 35.2 Å². The van der Waals surface area contributed by atoms with Crippen molar-refractivity contribution < 1.29 is 14.7 Å². The number of hydrogen-bond acceptors (Lipinski definition) is 4. The van der Waals surface area contributed by atoms with Crippen molar-refractivity contribution in [3.63, 3.8) is 0 Å². The first-order valence-corrected chi connectivity index (χ1v) is 9.70. The van der Waals surface area contributed by atoms with Gasteiger partial charge in [-0.15, -0.1) is 0 Å². The zero-order valence-electron chi connectivity index (χ0n) is 16.2. The van der Waals surface area contributed by atoms with Crippen LogP contribution in [-0.4, -0.2) is 30.0 Å². The molecule has 0 saturated carbocycles. The number of aliphatic hydroxyl groups excluding tert-OH is 1. The summed E-state index contributed by atoms with van der Waals surface area (Å²) in [6.07, 6.45) is 2.34. The topological polar surface area (TPSA) is 60.9 Å². The van der Waals surface area contributed by atoms with Crippen LogP contribution in [-0.2, 0) is 9.59 Å². The normalized spacial score (nSPS) is 18.4. The van der Waals surface area contributed by atoms with Crippen LogP contribution in [0.2, 0.25) is 0 Å². The lowest BCUT2D eigenvalue weighted by atomic mass is 9.99. The Balaban J connectivity index is 1.57. The van der Waals surface area contributed by atoms with E-state index in [0.29, 0.717) is 11.3 Å². The Morgan fingerprint density at radius 3 is 2.04 bits per heavy atom. The molecule has 0 aromatic heterocycles. The fraction of sp³-hybridized carbons (Fsp3) is 0.304. The monoisotopic (exact) mass is 376 g/mol. The number of imide groups is 1. The summed E-state index contributed by atoms with van der Waals surface area (Å²) in [4.78, 5) is 28.9. The number of aryl methyl sites for hydroxylation is 1. The molecule has 2 aromatic carbocycles. The molecule has 2 aliphatic heterocycles. The first-order chi connectivity index (χ1) is 13.5. The number of aliphatic hydroxyl groups is 1. The maximum Gasteiger partial charge on any atom is 0.301 e. The lowest BCUT2D eigenvalue weighted by Crippen LogP contribution is -2.33. The van der Waals surface area contributed by atoms with Crippen LogP contribution >= 0.6 is 0 Å². The summed E-state index contributed by atoms with van der Waals surface area (Å²) in [5.74, 6) is -0.918. The molecule has 1 fully saturated rings. The van der Waals surface area contributed by atoms with Crippen LogP contribution in [0, 0.1) is 12.8 Å². The molecule has 2 aliphatic rings. The Morgan fingerprint density at radius 2 is 1.43 bits per heavy atom. The molecule has 1 N–H and O–H groups in total. The standard InChI is InChI=1S/C23H24N2O3/c1-15-3-5-17(6-4-15)20-21(26)23(28)25(22(20)27)19-9-7-18(8-10-19)24-13-11-16(2)12-14-24/h3-10,16,26H,11-14H2,1-2H3. The van der Waals surface area contributed by atoms with Gasteiger partial charge in [-0.05, 0) is 55.5 Å². The van der Waals surface area contributed by atoms with Crippen molar-refractivity contribution in [2.75, 3.05) is 22.9 Å². The molecule has 0 radical (unpaired) electrons. The largest absolute Gasteiger partial charge is 0.502 e. The van der Waals surface area contributed by atoms with E-state index in [1.165, 1.54) is 12.8 Å². The third-order valence-corrected chi connectivity index (χ3v) is 5.66. The molecule has 4 rings (SSSR count). The van der Waals surface area contributed by atoms with Crippen molar-refractivity contribution in [1.29, 1.82) is 0 Å². The molecular formula is C23H24N2O3. The minimum Gasteiger partial charge on any atom is -0.502 e. The zero-order chi connectivity index (χ0) is 19.8. The fourth-order valence-corrected chi connectivity index (χ4v) is 3.81. The Hall–Kier alpha value is -3.08. The van der Waals surface area contributed by atoms with Crippen molar-refractivity contribution in [2.24, 2.45) is 5.92 Å². The number of amides is 2. The molecule has 2 aromatic rings. The summed E-state index contributed by atoms with van der Waals surface area (Å²) in [6.45, 7) is 6.25. The second-order valence-corrected chi connectivity index (χ2v) is 7.72. The van der Waals surface area contributed by atoms with Gasteiger partial charge in [-0.25, -0.2) is 4.90 Å². The Kier molecular flexibility index (Phi) is 4.67. The van der Waals surface area contributed by atoms with Gasteiger partial charge in [0.2, 0.25) is 0 Å². The number of benzene rings is 2. The smallest absolute Gasteiger partial charge is 0.301 e. The molecule has 5 nitrogen and oxygen atoms in total. The third kappa shape index (κ3) is 3.17. The number of carbonyl (C=O) groups is 2. The van der Waals surface area contributed by atoms with E-state index in [4.69, 9.17) is 0 Å². The van der Waals surface area contributed by atoms with E-state index < -0.39 is 17.6 Å². The van der Waals surface area contributed by atoms with Crippen LogP contribution in [0.15, 0.2) is 54.3 Å². The van der Waals surface area contributed by atoms with Gasteiger partial charge in [-0.2, -0.15) is 0 Å². The van der Waals surface area contributed by atoms with Gasteiger partial charge in [0.15, 0.2) is 5.76 Å². The second kappa shape index (κ2) is 7.15. The number of anilines is 2. The highest BCUT2D eigenvalue weighted by Gasteiger charge is 2.40. The average Bonchev–Trinajstić information content (AvgIpc) is 2.92. The summed E-state index contributed by atoms with van der Waals surface area (Å²) >= 11 is 0. The van der Waals surface area contributed by atoms with Gasteiger partial charge in [-0.3, -0.25) is 9.59 Å². The third-order valence-electron chi connectivity index (χ3n) is 5.66. The van der Waals surface area contributed by atoms with Crippen LogP contribution in [0.5, 0.6) is 0 Å². The summed E-state index contributed by atoms with van der Waals surface area (Å²) in [5.41, 5.74) is 3.20. The van der Waals surface area contributed by atoms with Crippen LogP contribution < -0.4 is 9.80 Å². The van der Waals surface area contributed by atoms with Crippen LogP contribution in [0.3, 0.4) is 0 Å². The number of hydrogen-bond donors (Lipinski definition) is 1. The van der Waals surface area contributed by atoms with E-state index in [1.807, 2.05) is 31.2 Å². The van der Waals surface area contributed by atoms with Gasteiger partial charge >= 0.3 is 5.91 Å². The summed E-state index contributed by atoms with van der Waals surface area (Å²) < 4.78 is 0. The van der Waals surface area contributed by atoms with Gasteiger partial charge in [0.25, 0.3) is 5.91 Å². The van der Waals surface area contributed by atoms with Crippen LogP contribution in [0.4, 0.5) is 11.4 Å². The molecule has 0 spiro atoms. The number of carbonyl (C=O) groups excluding carboxylic acids is 2. The maximum atomic E-state index is 12.9. The predicted molar refractivity (Wildman–Crippen MR) is 110 cm³/mol. The van der Waals surface area contributed by atoms with E-state index in [2.05, 4.69) is 11.8 Å². The highest BCUT2D eigenvalue weighted by Crippen LogP contribution is 2.33. The number of rotatable bonds is 3. The Bertz CT molecular complexity index is 937. The Labute approximate surface area is 164 Å². The second-order valence-electron chi connectivity index (χ2n) is 7.72. The highest BCUT2D eigenvalue weighted by molar-refractivity contribution is 6.44. The van der Waals surface area contributed by atoms with E-state index in [9.17, 15) is 14.7 Å². The molecule has 0 bridgehead atoms. The Morgan fingerprint density at radius 1 is 0.857 bits per heavy atom. The first-order valence-electron chi connectivity index (χ1n) is 9.70. The molecule has 0 unspecified atom stereocenters. The van der Waals surface area contributed by atoms with Crippen molar-refractivity contribution in [3.05, 3.63) is 65.4 Å². The quantitative estimate of drug-likeness (QED) is 0.820. The number of piperidine rings is 1. The average molecular weight is 376 g/mol. The molecule has 2 heterocycles. The lowest BCUT2D eigenvalue weighted by molar-refractivity contribution is -0.121. The van der Waals surface area contributed by atoms with Gasteiger partial charge in [-0.1, -0.05) is 36.8 Å². The van der Waals surface area contributed by atoms with Crippen molar-refractivity contribution >= 4 is 28.8 Å². The molecule has 144 valence electrons. The SMILES string of the molecule is Cc1ccc(C2=C(O)C(=O)N(c3ccc(N4CCC(C)CC4)cc3)C2=O)cc1. The zero-order valence-corrected chi connectivity index (χ0v) is 16.2. The molecule has 0 aliphatic carbocycles. The maximum absolute atomic E-state index is 12.9. The minimum atomic E-state index is -0.680. The lowest BCUT2D eigenvalue weighted by Gasteiger charge is -2.32. The van der Waals surface area contributed by atoms with E-state index >= 15 is 0 Å². The summed E-state index contributed by atoms with van der Waals surface area (Å²) in [6, 6.07) is 14.6. The molecule has 1 saturated heterocycles. The summed E-state index contributed by atoms with van der Waals surface area (Å²) in [5, 5.41) is 10.3. The van der Waals surface area contributed by atoms with E-state index in [1.54, 1.807) is 24.3 Å². The molecule has 28 heavy (non-hydrogen) atoms.